The quantitative estimate of drug-likeness (QED) is 0.361. The molecule has 0 aromatic rings. The van der Waals surface area contributed by atoms with Crippen molar-refractivity contribution in [2.75, 3.05) is 19.8 Å². The number of aliphatic hydroxyl groups is 1. The van der Waals surface area contributed by atoms with Crippen molar-refractivity contribution >= 4 is 5.97 Å². The topological polar surface area (TPSA) is 55.8 Å². The van der Waals surface area contributed by atoms with Gasteiger partial charge in [-0.25, -0.2) is 4.79 Å². The molecule has 12 heavy (non-hydrogen) atoms. The molecular weight excluding hydrogens is 160 g/mol. The van der Waals surface area contributed by atoms with E-state index >= 15 is 0 Å². The average Bonchev–Trinajstić information content (AvgIpc) is 2.10. The summed E-state index contributed by atoms with van der Waals surface area (Å²) in [5, 5.41) is 8.35. The molecule has 4 nitrogen and oxygen atoms in total. The Hall–Kier alpha value is -1.03. The summed E-state index contributed by atoms with van der Waals surface area (Å²) in [6.45, 7) is 5.52. The zero-order valence-electron chi connectivity index (χ0n) is 7.21. The summed E-state index contributed by atoms with van der Waals surface area (Å²) in [5.41, 5.74) is 0. The first-order valence-corrected chi connectivity index (χ1v) is 3.82. The lowest BCUT2D eigenvalue weighted by Crippen LogP contribution is -2.11. The first kappa shape index (κ1) is 11.0. The van der Waals surface area contributed by atoms with Crippen LogP contribution in [0.15, 0.2) is 12.3 Å². The van der Waals surface area contributed by atoms with Crippen molar-refractivity contribution in [3.63, 3.8) is 0 Å². The monoisotopic (exact) mass is 174 g/mol. The Labute approximate surface area is 71.8 Å². The molecule has 0 saturated carbocycles. The zero-order chi connectivity index (χ0) is 9.40. The number of hydrogen-bond acceptors (Lipinski definition) is 4. The van der Waals surface area contributed by atoms with E-state index in [0.717, 1.165) is 6.42 Å². The van der Waals surface area contributed by atoms with Gasteiger partial charge in [-0.3, -0.25) is 0 Å². The molecule has 70 valence electrons. The highest BCUT2D eigenvalue weighted by atomic mass is 16.6. The summed E-state index contributed by atoms with van der Waals surface area (Å²) in [5.74, 6) is -0.622. The number of ether oxygens (including phenoxy) is 2. The number of carbonyl (C=O) groups excluding carboxylic acids is 1. The lowest BCUT2D eigenvalue weighted by molar-refractivity contribution is -0.143. The van der Waals surface area contributed by atoms with E-state index in [1.54, 1.807) is 0 Å². The summed E-state index contributed by atoms with van der Waals surface area (Å²) in [4.78, 5) is 10.9. The van der Waals surface area contributed by atoms with Crippen molar-refractivity contribution in [3.05, 3.63) is 12.3 Å². The van der Waals surface area contributed by atoms with Crippen LogP contribution in [0.5, 0.6) is 0 Å². The molecule has 0 bridgehead atoms. The van der Waals surface area contributed by atoms with Gasteiger partial charge in [0, 0.05) is 0 Å². The van der Waals surface area contributed by atoms with Crippen molar-refractivity contribution in [1.29, 1.82) is 0 Å². The summed E-state index contributed by atoms with van der Waals surface area (Å²) in [6, 6.07) is 0. The minimum absolute atomic E-state index is 0.0579. The SMILES string of the molecule is C=C(OCCO)C(=O)OCCC. The van der Waals surface area contributed by atoms with Gasteiger partial charge in [0.2, 0.25) is 0 Å². The van der Waals surface area contributed by atoms with Gasteiger partial charge in [0.15, 0.2) is 5.76 Å². The standard InChI is InChI=1S/C8H14O4/c1-3-5-12-8(10)7(2)11-6-4-9/h9H,2-6H2,1H3. The first-order valence-electron chi connectivity index (χ1n) is 3.82. The summed E-state index contributed by atoms with van der Waals surface area (Å²) in [7, 11) is 0. The largest absolute Gasteiger partial charge is 0.485 e. The fourth-order valence-corrected chi connectivity index (χ4v) is 0.503. The van der Waals surface area contributed by atoms with Gasteiger partial charge >= 0.3 is 5.97 Å². The molecule has 0 heterocycles. The average molecular weight is 174 g/mol. The van der Waals surface area contributed by atoms with E-state index in [4.69, 9.17) is 14.6 Å². The lowest BCUT2D eigenvalue weighted by atomic mass is 10.5. The van der Waals surface area contributed by atoms with Crippen molar-refractivity contribution in [2.45, 2.75) is 13.3 Å². The lowest BCUT2D eigenvalue weighted by Gasteiger charge is -2.06. The molecule has 0 aliphatic heterocycles. The molecule has 0 rings (SSSR count). The molecule has 0 radical (unpaired) electrons. The van der Waals surface area contributed by atoms with Crippen molar-refractivity contribution in [2.24, 2.45) is 0 Å². The zero-order valence-corrected chi connectivity index (χ0v) is 7.21. The Morgan fingerprint density at radius 3 is 2.58 bits per heavy atom. The first-order chi connectivity index (χ1) is 5.72. The Morgan fingerprint density at radius 2 is 2.08 bits per heavy atom. The number of rotatable bonds is 6. The summed E-state index contributed by atoms with van der Waals surface area (Å²) in [6.07, 6.45) is 0.763. The predicted molar refractivity (Wildman–Crippen MR) is 43.4 cm³/mol. The maximum Gasteiger partial charge on any atom is 0.372 e. The molecule has 0 unspecified atom stereocenters. The molecule has 4 heteroatoms. The van der Waals surface area contributed by atoms with Crippen LogP contribution in [0, 0.1) is 0 Å². The van der Waals surface area contributed by atoms with Crippen LogP contribution in [-0.4, -0.2) is 30.9 Å². The molecule has 0 spiro atoms. The van der Waals surface area contributed by atoms with Crippen LogP contribution in [0.1, 0.15) is 13.3 Å². The van der Waals surface area contributed by atoms with Crippen LogP contribution in [0.2, 0.25) is 0 Å². The highest BCUT2D eigenvalue weighted by Crippen LogP contribution is 1.97. The van der Waals surface area contributed by atoms with Gasteiger partial charge in [-0.05, 0) is 13.0 Å². The van der Waals surface area contributed by atoms with Gasteiger partial charge in [-0.2, -0.15) is 0 Å². The van der Waals surface area contributed by atoms with Crippen LogP contribution < -0.4 is 0 Å². The maximum absolute atomic E-state index is 10.9. The molecule has 0 atom stereocenters. The minimum Gasteiger partial charge on any atom is -0.485 e. The van der Waals surface area contributed by atoms with Crippen LogP contribution in [0.25, 0.3) is 0 Å². The maximum atomic E-state index is 10.9. The van der Waals surface area contributed by atoms with E-state index in [0.29, 0.717) is 6.61 Å². The van der Waals surface area contributed by atoms with E-state index in [1.165, 1.54) is 0 Å². The normalized spacial score (nSPS) is 9.17. The molecule has 0 aromatic heterocycles. The van der Waals surface area contributed by atoms with Crippen molar-refractivity contribution in [1.82, 2.24) is 0 Å². The second kappa shape index (κ2) is 6.67. The number of esters is 1. The van der Waals surface area contributed by atoms with Gasteiger partial charge in [-0.15, -0.1) is 0 Å². The summed E-state index contributed by atoms with van der Waals surface area (Å²) >= 11 is 0. The van der Waals surface area contributed by atoms with E-state index in [2.05, 4.69) is 6.58 Å². The smallest absolute Gasteiger partial charge is 0.372 e. The second-order valence-corrected chi connectivity index (χ2v) is 2.13. The third kappa shape index (κ3) is 4.73. The second-order valence-electron chi connectivity index (χ2n) is 2.13. The molecule has 0 saturated heterocycles. The Bertz CT molecular complexity index is 135. The number of hydrogen-bond donors (Lipinski definition) is 1. The van der Waals surface area contributed by atoms with E-state index in [1.807, 2.05) is 6.92 Å². The Morgan fingerprint density at radius 1 is 1.42 bits per heavy atom. The van der Waals surface area contributed by atoms with E-state index in [-0.39, 0.29) is 19.0 Å². The fraction of sp³-hybridized carbons (Fsp3) is 0.625. The van der Waals surface area contributed by atoms with Crippen LogP contribution >= 0.6 is 0 Å². The third-order valence-electron chi connectivity index (χ3n) is 1.03. The molecular formula is C8H14O4. The number of aliphatic hydroxyl groups excluding tert-OH is 1. The number of carbonyl (C=O) groups is 1. The predicted octanol–water partition coefficient (Wildman–Crippen LogP) is 0.462. The third-order valence-corrected chi connectivity index (χ3v) is 1.03. The molecule has 0 amide bonds. The highest BCUT2D eigenvalue weighted by molar-refractivity contribution is 5.85. The Kier molecular flexibility index (Phi) is 6.09. The molecule has 1 N–H and O–H groups in total. The molecule has 0 aliphatic carbocycles. The van der Waals surface area contributed by atoms with Gasteiger partial charge in [0.05, 0.1) is 13.2 Å². The van der Waals surface area contributed by atoms with Crippen LogP contribution in [0.3, 0.4) is 0 Å². The van der Waals surface area contributed by atoms with Crippen LogP contribution in [-0.2, 0) is 14.3 Å². The Balaban J connectivity index is 3.55. The molecule has 0 aromatic carbocycles. The van der Waals surface area contributed by atoms with E-state index < -0.39 is 5.97 Å². The molecule has 0 fully saturated rings. The van der Waals surface area contributed by atoms with Crippen molar-refractivity contribution in [3.8, 4) is 0 Å². The van der Waals surface area contributed by atoms with Gasteiger partial charge in [0.1, 0.15) is 6.61 Å². The summed E-state index contributed by atoms with van der Waals surface area (Å²) < 4.78 is 9.44. The van der Waals surface area contributed by atoms with E-state index in [9.17, 15) is 4.79 Å². The van der Waals surface area contributed by atoms with Crippen molar-refractivity contribution < 1.29 is 19.4 Å². The fourth-order valence-electron chi connectivity index (χ4n) is 0.503. The van der Waals surface area contributed by atoms with Gasteiger partial charge < -0.3 is 14.6 Å². The van der Waals surface area contributed by atoms with Gasteiger partial charge in [0.25, 0.3) is 0 Å². The highest BCUT2D eigenvalue weighted by Gasteiger charge is 2.08. The van der Waals surface area contributed by atoms with Gasteiger partial charge in [-0.1, -0.05) is 6.92 Å². The van der Waals surface area contributed by atoms with Crippen LogP contribution in [0.4, 0.5) is 0 Å². The minimum atomic E-state index is -0.565. The molecule has 0 aliphatic rings.